The highest BCUT2D eigenvalue weighted by atomic mass is 79.9. The molecule has 2 aromatic rings. The Labute approximate surface area is 125 Å². The van der Waals surface area contributed by atoms with Crippen LogP contribution in [0.15, 0.2) is 33.3 Å². The Balaban J connectivity index is 1.99. The van der Waals surface area contributed by atoms with E-state index >= 15 is 0 Å². The van der Waals surface area contributed by atoms with Crippen molar-refractivity contribution in [1.82, 2.24) is 10.1 Å². The zero-order valence-corrected chi connectivity index (χ0v) is 13.3. The number of hydrogen-bond acceptors (Lipinski definition) is 5. The molecule has 0 fully saturated rings. The van der Waals surface area contributed by atoms with Crippen LogP contribution in [0.2, 0.25) is 0 Å². The molecule has 1 heterocycles. The molecule has 0 bridgehead atoms. The summed E-state index contributed by atoms with van der Waals surface area (Å²) in [5.74, 6) is 2.77. The van der Waals surface area contributed by atoms with Crippen molar-refractivity contribution in [2.24, 2.45) is 5.73 Å². The van der Waals surface area contributed by atoms with E-state index in [2.05, 4.69) is 26.1 Å². The van der Waals surface area contributed by atoms with Crippen LogP contribution in [0.5, 0.6) is 0 Å². The molecule has 0 atom stereocenters. The van der Waals surface area contributed by atoms with Crippen molar-refractivity contribution in [3.05, 3.63) is 34.6 Å². The van der Waals surface area contributed by atoms with Gasteiger partial charge in [0.25, 0.3) is 0 Å². The second-order valence-electron chi connectivity index (χ2n) is 5.00. The first-order chi connectivity index (χ1) is 8.94. The van der Waals surface area contributed by atoms with Crippen molar-refractivity contribution in [2.75, 3.05) is 5.75 Å². The van der Waals surface area contributed by atoms with E-state index < -0.39 is 0 Å². The summed E-state index contributed by atoms with van der Waals surface area (Å²) >= 11 is 5.12. The smallest absolute Gasteiger partial charge is 0.236 e. The monoisotopic (exact) mass is 341 g/mol. The van der Waals surface area contributed by atoms with Crippen molar-refractivity contribution in [1.29, 1.82) is 0 Å². The summed E-state index contributed by atoms with van der Waals surface area (Å²) in [6, 6.07) is 7.82. The third-order valence-electron chi connectivity index (χ3n) is 2.25. The van der Waals surface area contributed by atoms with E-state index in [1.54, 1.807) is 11.8 Å². The fourth-order valence-corrected chi connectivity index (χ4v) is 2.78. The van der Waals surface area contributed by atoms with Crippen LogP contribution < -0.4 is 5.73 Å². The minimum atomic E-state index is -0.183. The Hall–Kier alpha value is -0.850. The normalized spacial score (nSPS) is 11.8. The lowest BCUT2D eigenvalue weighted by atomic mass is 10.1. The highest BCUT2D eigenvalue weighted by Gasteiger charge is 2.13. The summed E-state index contributed by atoms with van der Waals surface area (Å²) in [4.78, 5) is 4.38. The summed E-state index contributed by atoms with van der Waals surface area (Å²) < 4.78 is 6.23. The fraction of sp³-hybridized carbons (Fsp3) is 0.385. The van der Waals surface area contributed by atoms with Crippen LogP contribution in [0.1, 0.15) is 19.7 Å². The van der Waals surface area contributed by atoms with Gasteiger partial charge in [-0.05, 0) is 26.0 Å². The molecule has 1 aromatic heterocycles. The Morgan fingerprint density at radius 1 is 1.42 bits per heavy atom. The van der Waals surface area contributed by atoms with E-state index in [1.165, 1.54) is 0 Å². The molecular formula is C13H16BrN3OS. The Morgan fingerprint density at radius 2 is 2.21 bits per heavy atom. The minimum Gasteiger partial charge on any atom is -0.338 e. The van der Waals surface area contributed by atoms with Crippen LogP contribution >= 0.6 is 27.7 Å². The van der Waals surface area contributed by atoms with Crippen LogP contribution in [-0.4, -0.2) is 21.4 Å². The van der Waals surface area contributed by atoms with Crippen molar-refractivity contribution >= 4 is 27.7 Å². The number of aromatic nitrogens is 2. The van der Waals surface area contributed by atoms with Crippen molar-refractivity contribution < 1.29 is 4.52 Å². The van der Waals surface area contributed by atoms with Crippen LogP contribution in [0.25, 0.3) is 11.4 Å². The molecule has 0 saturated carbocycles. The lowest BCUT2D eigenvalue weighted by molar-refractivity contribution is 0.391. The van der Waals surface area contributed by atoms with Crippen LogP contribution in [-0.2, 0) is 5.75 Å². The highest BCUT2D eigenvalue weighted by Crippen LogP contribution is 2.22. The summed E-state index contributed by atoms with van der Waals surface area (Å²) in [7, 11) is 0. The van der Waals surface area contributed by atoms with Gasteiger partial charge >= 0.3 is 0 Å². The third kappa shape index (κ3) is 4.63. The largest absolute Gasteiger partial charge is 0.338 e. The molecule has 4 nitrogen and oxygen atoms in total. The highest BCUT2D eigenvalue weighted by molar-refractivity contribution is 9.10. The van der Waals surface area contributed by atoms with Gasteiger partial charge in [-0.3, -0.25) is 0 Å². The summed E-state index contributed by atoms with van der Waals surface area (Å²) in [5.41, 5.74) is 6.68. The molecule has 0 radical (unpaired) electrons. The quantitative estimate of drug-likeness (QED) is 0.901. The van der Waals surface area contributed by atoms with Gasteiger partial charge in [0.2, 0.25) is 11.7 Å². The van der Waals surface area contributed by atoms with Gasteiger partial charge in [0.1, 0.15) is 0 Å². The topological polar surface area (TPSA) is 64.9 Å². The summed E-state index contributed by atoms with van der Waals surface area (Å²) in [6.07, 6.45) is 0. The number of benzene rings is 1. The van der Waals surface area contributed by atoms with Gasteiger partial charge in [-0.25, -0.2) is 0 Å². The maximum Gasteiger partial charge on any atom is 0.236 e. The van der Waals surface area contributed by atoms with E-state index in [0.29, 0.717) is 17.5 Å². The molecule has 0 spiro atoms. The number of nitrogens with zero attached hydrogens (tertiary/aromatic N) is 2. The standard InChI is InChI=1S/C13H16BrN3OS/c1-13(2,15)8-19-7-11-16-12(17-18-11)9-4-3-5-10(14)6-9/h3-6H,7-8,15H2,1-2H3. The molecule has 6 heteroatoms. The summed E-state index contributed by atoms with van der Waals surface area (Å²) in [6.45, 7) is 4.00. The van der Waals surface area contributed by atoms with E-state index in [4.69, 9.17) is 10.3 Å². The maximum absolute atomic E-state index is 5.92. The molecule has 0 aliphatic heterocycles. The lowest BCUT2D eigenvalue weighted by Gasteiger charge is -2.16. The first-order valence-electron chi connectivity index (χ1n) is 5.89. The first-order valence-corrected chi connectivity index (χ1v) is 7.84. The molecule has 19 heavy (non-hydrogen) atoms. The zero-order valence-electron chi connectivity index (χ0n) is 10.9. The molecule has 1 aromatic carbocycles. The number of halogens is 1. The van der Waals surface area contributed by atoms with E-state index in [0.717, 1.165) is 15.8 Å². The molecule has 0 aliphatic carbocycles. The van der Waals surface area contributed by atoms with Crippen molar-refractivity contribution in [2.45, 2.75) is 25.1 Å². The Kier molecular flexibility index (Phi) is 4.65. The summed E-state index contributed by atoms with van der Waals surface area (Å²) in [5, 5.41) is 3.99. The molecular weight excluding hydrogens is 326 g/mol. The molecule has 0 unspecified atom stereocenters. The number of hydrogen-bond donors (Lipinski definition) is 1. The maximum atomic E-state index is 5.92. The van der Waals surface area contributed by atoms with Crippen LogP contribution in [0, 0.1) is 0 Å². The first kappa shape index (κ1) is 14.6. The average Bonchev–Trinajstić information content (AvgIpc) is 2.76. The lowest BCUT2D eigenvalue weighted by Crippen LogP contribution is -2.34. The number of rotatable bonds is 5. The predicted molar refractivity (Wildman–Crippen MR) is 81.9 cm³/mol. The molecule has 102 valence electrons. The van der Waals surface area contributed by atoms with E-state index in [9.17, 15) is 0 Å². The molecule has 0 aliphatic rings. The van der Waals surface area contributed by atoms with E-state index in [-0.39, 0.29) is 5.54 Å². The van der Waals surface area contributed by atoms with Crippen molar-refractivity contribution in [3.63, 3.8) is 0 Å². The predicted octanol–water partition coefficient (Wildman–Crippen LogP) is 3.47. The Bertz CT molecular complexity index is 551. The Morgan fingerprint density at radius 3 is 2.89 bits per heavy atom. The average molecular weight is 342 g/mol. The molecule has 0 saturated heterocycles. The second-order valence-corrected chi connectivity index (χ2v) is 6.90. The van der Waals surface area contributed by atoms with Crippen LogP contribution in [0.3, 0.4) is 0 Å². The number of thioether (sulfide) groups is 1. The zero-order chi connectivity index (χ0) is 13.9. The fourth-order valence-electron chi connectivity index (χ4n) is 1.46. The molecule has 2 rings (SSSR count). The van der Waals surface area contributed by atoms with Gasteiger partial charge in [-0.15, -0.1) is 0 Å². The van der Waals surface area contributed by atoms with Gasteiger partial charge in [-0.1, -0.05) is 33.2 Å². The second kappa shape index (κ2) is 6.07. The van der Waals surface area contributed by atoms with E-state index in [1.807, 2.05) is 38.1 Å². The SMILES string of the molecule is CC(C)(N)CSCc1nc(-c2cccc(Br)c2)no1. The molecule has 2 N–H and O–H groups in total. The van der Waals surface area contributed by atoms with Gasteiger partial charge in [0.05, 0.1) is 5.75 Å². The third-order valence-corrected chi connectivity index (χ3v) is 4.14. The van der Waals surface area contributed by atoms with Crippen LogP contribution in [0.4, 0.5) is 0 Å². The van der Waals surface area contributed by atoms with Crippen molar-refractivity contribution in [3.8, 4) is 11.4 Å². The van der Waals surface area contributed by atoms with Gasteiger partial charge in [0.15, 0.2) is 0 Å². The van der Waals surface area contributed by atoms with Gasteiger partial charge < -0.3 is 10.3 Å². The minimum absolute atomic E-state index is 0.183. The van der Waals surface area contributed by atoms with Gasteiger partial charge in [0, 0.05) is 21.3 Å². The van der Waals surface area contributed by atoms with Gasteiger partial charge in [-0.2, -0.15) is 16.7 Å². The number of nitrogens with two attached hydrogens (primary N) is 1. The molecule has 0 amide bonds.